The first-order valence-corrected chi connectivity index (χ1v) is 19.6. The van der Waals surface area contributed by atoms with Crippen LogP contribution < -0.4 is 5.73 Å². The molecule has 11 nitrogen and oxygen atoms in total. The maximum atomic E-state index is 11.7. The molecule has 2 amide bonds. The number of nitrogens with two attached hydrogens (primary N) is 1. The molecule has 0 aliphatic carbocycles. The third kappa shape index (κ3) is 18.7. The molecule has 0 saturated carbocycles. The second-order valence-electron chi connectivity index (χ2n) is 18.8. The quantitative estimate of drug-likeness (QED) is 0.420. The van der Waals surface area contributed by atoms with Crippen LogP contribution in [0.15, 0.2) is 25.3 Å². The summed E-state index contributed by atoms with van der Waals surface area (Å²) >= 11 is 0. The molecule has 4 saturated heterocycles. The molecular weight excluding hydrogens is 653 g/mol. The molecule has 11 heteroatoms. The highest BCUT2D eigenvalue weighted by Gasteiger charge is 2.36. The fourth-order valence-corrected chi connectivity index (χ4v) is 6.58. The molecule has 4 heterocycles. The van der Waals surface area contributed by atoms with Crippen LogP contribution in [0, 0.1) is 0 Å². The Morgan fingerprint density at radius 1 is 0.577 bits per heavy atom. The van der Waals surface area contributed by atoms with Crippen molar-refractivity contribution >= 4 is 17.6 Å². The lowest BCUT2D eigenvalue weighted by Crippen LogP contribution is -2.65. The molecule has 302 valence electrons. The fourth-order valence-electron chi connectivity index (χ4n) is 6.58. The van der Waals surface area contributed by atoms with E-state index in [4.69, 9.17) is 5.73 Å². The van der Waals surface area contributed by atoms with Gasteiger partial charge in [-0.3, -0.25) is 34.0 Å². The second-order valence-corrected chi connectivity index (χ2v) is 18.8. The SMILES string of the molecule is C=CC(=O)N1CCN(C(C)(C)C)CC1.C=CC(=O)N1CCN2CCN(C(C)(C)C)CC2C1.CC(=O)CCN1CCN(C(C)(C)C)CC1.CC(C)(C)N. The Bertz CT molecular complexity index is 1110. The summed E-state index contributed by atoms with van der Waals surface area (Å²) < 4.78 is 0. The van der Waals surface area contributed by atoms with Gasteiger partial charge in [0.15, 0.2) is 0 Å². The van der Waals surface area contributed by atoms with Crippen LogP contribution in [0.5, 0.6) is 0 Å². The average Bonchev–Trinajstić information content (AvgIpc) is 3.05. The van der Waals surface area contributed by atoms with E-state index in [1.165, 1.54) is 12.2 Å². The molecule has 2 N–H and O–H groups in total. The average molecular weight is 733 g/mol. The Morgan fingerprint density at radius 3 is 1.35 bits per heavy atom. The van der Waals surface area contributed by atoms with Crippen molar-refractivity contribution in [3.63, 3.8) is 0 Å². The highest BCUT2D eigenvalue weighted by molar-refractivity contribution is 5.87. The topological polar surface area (TPSA) is 99.9 Å². The Hall–Kier alpha value is -2.15. The summed E-state index contributed by atoms with van der Waals surface area (Å²) in [6, 6.07) is 0.482. The number of rotatable bonds is 5. The smallest absolute Gasteiger partial charge is 0.246 e. The number of piperazine rings is 4. The van der Waals surface area contributed by atoms with Crippen LogP contribution in [-0.4, -0.2) is 178 Å². The van der Waals surface area contributed by atoms with Crippen molar-refractivity contribution < 1.29 is 14.4 Å². The Morgan fingerprint density at radius 2 is 0.942 bits per heavy atom. The van der Waals surface area contributed by atoms with Gasteiger partial charge in [0.05, 0.1) is 0 Å². The van der Waals surface area contributed by atoms with Crippen molar-refractivity contribution in [2.24, 2.45) is 5.73 Å². The molecular formula is C41H80N8O3. The Balaban J connectivity index is 0.000000369. The van der Waals surface area contributed by atoms with Gasteiger partial charge in [0.25, 0.3) is 0 Å². The molecule has 4 fully saturated rings. The zero-order valence-corrected chi connectivity index (χ0v) is 35.9. The van der Waals surface area contributed by atoms with Gasteiger partial charge in [-0.05, 0) is 102 Å². The Kier molecular flexibility index (Phi) is 19.4. The van der Waals surface area contributed by atoms with Crippen LogP contribution in [0.2, 0.25) is 0 Å². The molecule has 4 rings (SSSR count). The van der Waals surface area contributed by atoms with Gasteiger partial charge in [-0.25, -0.2) is 0 Å². The number of Topliss-reactive ketones (excluding diaryl/α,β-unsaturated/α-hetero) is 1. The van der Waals surface area contributed by atoms with E-state index in [9.17, 15) is 14.4 Å². The summed E-state index contributed by atoms with van der Waals surface area (Å²) in [5, 5.41) is 0. The molecule has 0 spiro atoms. The van der Waals surface area contributed by atoms with Gasteiger partial charge in [0.1, 0.15) is 5.78 Å². The van der Waals surface area contributed by atoms with E-state index < -0.39 is 0 Å². The summed E-state index contributed by atoms with van der Waals surface area (Å²) in [7, 11) is 0. The van der Waals surface area contributed by atoms with E-state index in [0.717, 1.165) is 98.2 Å². The number of ketones is 1. The summed E-state index contributed by atoms with van der Waals surface area (Å²) in [6.07, 6.45) is 3.53. The number of nitrogens with zero attached hydrogens (tertiary/aromatic N) is 7. The molecule has 0 aromatic heterocycles. The second kappa shape index (κ2) is 21.1. The summed E-state index contributed by atoms with van der Waals surface area (Å²) in [6.45, 7) is 49.8. The van der Waals surface area contributed by atoms with Crippen LogP contribution in [0.25, 0.3) is 0 Å². The van der Waals surface area contributed by atoms with Crippen LogP contribution in [0.1, 0.15) is 96.4 Å². The molecule has 0 radical (unpaired) electrons. The van der Waals surface area contributed by atoms with Crippen molar-refractivity contribution in [2.75, 3.05) is 98.2 Å². The first-order chi connectivity index (χ1) is 23.8. The molecule has 4 aliphatic rings. The maximum Gasteiger partial charge on any atom is 0.246 e. The largest absolute Gasteiger partial charge is 0.337 e. The van der Waals surface area contributed by atoms with Gasteiger partial charge in [-0.1, -0.05) is 13.2 Å². The molecule has 0 aromatic rings. The van der Waals surface area contributed by atoms with E-state index in [0.29, 0.717) is 18.2 Å². The van der Waals surface area contributed by atoms with Gasteiger partial charge in [-0.2, -0.15) is 0 Å². The minimum atomic E-state index is 0. The van der Waals surface area contributed by atoms with E-state index in [-0.39, 0.29) is 34.0 Å². The predicted octanol–water partition coefficient (Wildman–Crippen LogP) is 4.04. The summed E-state index contributed by atoms with van der Waals surface area (Å²) in [5.74, 6) is 0.425. The highest BCUT2D eigenvalue weighted by atomic mass is 16.2. The molecule has 4 aliphatic heterocycles. The summed E-state index contributed by atoms with van der Waals surface area (Å²) in [5.41, 5.74) is 6.07. The first-order valence-electron chi connectivity index (χ1n) is 19.6. The lowest BCUT2D eigenvalue weighted by molar-refractivity contribution is -0.130. The van der Waals surface area contributed by atoms with Crippen molar-refractivity contribution in [3.8, 4) is 0 Å². The first kappa shape index (κ1) is 47.9. The van der Waals surface area contributed by atoms with Gasteiger partial charge in [0.2, 0.25) is 11.8 Å². The molecule has 0 bridgehead atoms. The zero-order chi connectivity index (χ0) is 40.1. The fraction of sp³-hybridized carbons (Fsp3) is 0.829. The third-order valence-corrected chi connectivity index (χ3v) is 9.94. The molecule has 1 unspecified atom stereocenters. The van der Waals surface area contributed by atoms with E-state index >= 15 is 0 Å². The predicted molar refractivity (Wildman–Crippen MR) is 219 cm³/mol. The lowest BCUT2D eigenvalue weighted by Gasteiger charge is -2.50. The van der Waals surface area contributed by atoms with Gasteiger partial charge in [-0.15, -0.1) is 0 Å². The third-order valence-electron chi connectivity index (χ3n) is 9.94. The number of carbonyl (C=O) groups excluding carboxylic acids is 3. The van der Waals surface area contributed by atoms with E-state index in [1.54, 1.807) is 6.92 Å². The van der Waals surface area contributed by atoms with Gasteiger partial charge >= 0.3 is 0 Å². The number of amides is 2. The lowest BCUT2D eigenvalue weighted by atomic mass is 10.0. The zero-order valence-electron chi connectivity index (χ0n) is 35.9. The number of hydrogen-bond donors (Lipinski definition) is 1. The summed E-state index contributed by atoms with van der Waals surface area (Å²) in [4.78, 5) is 50.0. The van der Waals surface area contributed by atoms with Crippen LogP contribution in [0.4, 0.5) is 0 Å². The number of carbonyl (C=O) groups is 3. The Labute approximate surface area is 319 Å². The monoisotopic (exact) mass is 733 g/mol. The molecule has 52 heavy (non-hydrogen) atoms. The standard InChI is InChI=1S/C14H25N3O.C12H24N2O.C11H20N2O.C4H11N/c1-5-13(18)16-7-6-15-8-9-17(14(2,3)4)11-12(15)10-16;1-11(15)5-6-13-7-9-14(10-8-13)12(2,3)4;1-5-10(14)12-6-8-13(9-7-12)11(2,3)4;1-4(2,3)5/h5,12H,1,6-11H2,2-4H3;5-10H2,1-4H3;5H,1,6-9H2,2-4H3;5H2,1-3H3. The minimum Gasteiger partial charge on any atom is -0.337 e. The van der Waals surface area contributed by atoms with Gasteiger partial charge < -0.3 is 20.4 Å². The normalized spacial score (nSPS) is 21.6. The van der Waals surface area contributed by atoms with Crippen LogP contribution >= 0.6 is 0 Å². The van der Waals surface area contributed by atoms with Crippen molar-refractivity contribution in [2.45, 2.75) is 125 Å². The van der Waals surface area contributed by atoms with E-state index in [2.05, 4.69) is 100.0 Å². The van der Waals surface area contributed by atoms with Crippen LogP contribution in [0.3, 0.4) is 0 Å². The molecule has 1 atom stereocenters. The van der Waals surface area contributed by atoms with E-state index in [1.807, 2.05) is 30.6 Å². The molecule has 0 aromatic carbocycles. The van der Waals surface area contributed by atoms with Crippen molar-refractivity contribution in [1.82, 2.24) is 34.3 Å². The number of fused-ring (bicyclic) bond motifs is 1. The maximum absolute atomic E-state index is 11.7. The van der Waals surface area contributed by atoms with Gasteiger partial charge in [0, 0.05) is 133 Å². The number of hydrogen-bond acceptors (Lipinski definition) is 9. The van der Waals surface area contributed by atoms with Crippen molar-refractivity contribution in [1.29, 1.82) is 0 Å². The minimum absolute atomic E-state index is 0. The van der Waals surface area contributed by atoms with Crippen LogP contribution in [-0.2, 0) is 14.4 Å². The van der Waals surface area contributed by atoms with Crippen molar-refractivity contribution in [3.05, 3.63) is 25.3 Å². The highest BCUT2D eigenvalue weighted by Crippen LogP contribution is 2.22.